The Morgan fingerprint density at radius 1 is 0.938 bits per heavy atom. The van der Waals surface area contributed by atoms with Gasteiger partial charge in [-0.2, -0.15) is 0 Å². The van der Waals surface area contributed by atoms with E-state index in [2.05, 4.69) is 30.9 Å². The van der Waals surface area contributed by atoms with Gasteiger partial charge >= 0.3 is 0 Å². The van der Waals surface area contributed by atoms with Gasteiger partial charge < -0.3 is 14.6 Å². The summed E-state index contributed by atoms with van der Waals surface area (Å²) in [5.41, 5.74) is 5.56. The van der Waals surface area contributed by atoms with E-state index in [9.17, 15) is 0 Å². The maximum absolute atomic E-state index is 15.3. The van der Waals surface area contributed by atoms with Crippen LogP contribution in [-0.2, 0) is 4.74 Å². The van der Waals surface area contributed by atoms with Gasteiger partial charge in [0.1, 0.15) is 11.5 Å². The Morgan fingerprint density at radius 3 is 2.66 bits per heavy atom. The predicted molar refractivity (Wildman–Crippen MR) is 123 cm³/mol. The zero-order valence-corrected chi connectivity index (χ0v) is 17.3. The number of pyridine rings is 3. The summed E-state index contributed by atoms with van der Waals surface area (Å²) in [6, 6.07) is 13.8. The van der Waals surface area contributed by atoms with Crippen LogP contribution in [0, 0.1) is 5.82 Å². The molecule has 158 valence electrons. The first kappa shape index (κ1) is 18.9. The molecule has 6 rings (SSSR count). The lowest BCUT2D eigenvalue weighted by Gasteiger charge is -2.29. The number of benzene rings is 1. The van der Waals surface area contributed by atoms with Crippen LogP contribution in [0.1, 0.15) is 0 Å². The Kier molecular flexibility index (Phi) is 4.54. The van der Waals surface area contributed by atoms with E-state index in [1.807, 2.05) is 36.4 Å². The lowest BCUT2D eigenvalue weighted by Crippen LogP contribution is -2.36. The van der Waals surface area contributed by atoms with Crippen LogP contribution in [0.25, 0.3) is 44.3 Å². The summed E-state index contributed by atoms with van der Waals surface area (Å²) < 4.78 is 20.7. The van der Waals surface area contributed by atoms with Gasteiger partial charge in [0.15, 0.2) is 0 Å². The summed E-state index contributed by atoms with van der Waals surface area (Å²) >= 11 is 0. The van der Waals surface area contributed by atoms with Crippen molar-refractivity contribution in [3.63, 3.8) is 0 Å². The fourth-order valence-electron chi connectivity index (χ4n) is 4.37. The third-order valence-corrected chi connectivity index (χ3v) is 5.93. The van der Waals surface area contributed by atoms with Gasteiger partial charge in [-0.05, 0) is 35.9 Å². The first-order chi connectivity index (χ1) is 15.8. The van der Waals surface area contributed by atoms with E-state index < -0.39 is 0 Å². The second kappa shape index (κ2) is 7.69. The standard InChI is InChI=1S/C25H20FN5O/c26-20-14-29-25-24(19-12-21(28-15-22(19)30-25)17-4-2-6-27-13-17)23(20)16-3-1-5-18(11-16)31-7-9-32-10-8-31/h1-6,11-15H,7-10H2,(H,29,30). The highest BCUT2D eigenvalue weighted by molar-refractivity contribution is 6.13. The van der Waals surface area contributed by atoms with Crippen LogP contribution in [0.15, 0.2) is 67.3 Å². The molecule has 1 aromatic carbocycles. The van der Waals surface area contributed by atoms with E-state index in [0.717, 1.165) is 51.9 Å². The van der Waals surface area contributed by atoms with Gasteiger partial charge in [0.25, 0.3) is 0 Å². The lowest BCUT2D eigenvalue weighted by atomic mass is 9.99. The quantitative estimate of drug-likeness (QED) is 0.449. The Morgan fingerprint density at radius 2 is 1.81 bits per heavy atom. The van der Waals surface area contributed by atoms with Crippen LogP contribution in [-0.4, -0.2) is 46.2 Å². The molecule has 0 unspecified atom stereocenters. The molecule has 5 heterocycles. The number of anilines is 1. The molecular formula is C25H20FN5O. The molecule has 5 aromatic rings. The minimum Gasteiger partial charge on any atom is -0.378 e. The Bertz CT molecular complexity index is 1430. The summed E-state index contributed by atoms with van der Waals surface area (Å²) in [4.78, 5) is 18.6. The van der Waals surface area contributed by atoms with E-state index in [1.165, 1.54) is 6.20 Å². The number of aromatic amines is 1. The number of fused-ring (bicyclic) bond motifs is 3. The summed E-state index contributed by atoms with van der Waals surface area (Å²) in [6.45, 7) is 3.05. The van der Waals surface area contributed by atoms with Crippen LogP contribution in [0.2, 0.25) is 0 Å². The second-order valence-corrected chi connectivity index (χ2v) is 7.84. The number of nitrogens with zero attached hydrogens (tertiary/aromatic N) is 4. The van der Waals surface area contributed by atoms with E-state index >= 15 is 4.39 Å². The molecule has 1 aliphatic heterocycles. The maximum atomic E-state index is 15.3. The van der Waals surface area contributed by atoms with Gasteiger partial charge in [-0.1, -0.05) is 12.1 Å². The van der Waals surface area contributed by atoms with E-state index in [4.69, 9.17) is 4.74 Å². The molecule has 1 saturated heterocycles. The van der Waals surface area contributed by atoms with Crippen molar-refractivity contribution in [2.45, 2.75) is 0 Å². The number of ether oxygens (including phenoxy) is 1. The number of halogens is 1. The van der Waals surface area contributed by atoms with Crippen molar-refractivity contribution in [3.8, 4) is 22.4 Å². The van der Waals surface area contributed by atoms with Gasteiger partial charge in [-0.25, -0.2) is 9.37 Å². The van der Waals surface area contributed by atoms with Crippen LogP contribution < -0.4 is 4.90 Å². The molecule has 7 heteroatoms. The molecule has 0 saturated carbocycles. The van der Waals surface area contributed by atoms with Gasteiger partial charge in [-0.15, -0.1) is 0 Å². The summed E-state index contributed by atoms with van der Waals surface area (Å²) in [6.07, 6.45) is 6.55. The lowest BCUT2D eigenvalue weighted by molar-refractivity contribution is 0.122. The summed E-state index contributed by atoms with van der Waals surface area (Å²) in [5.74, 6) is -0.350. The highest BCUT2D eigenvalue weighted by Gasteiger charge is 2.19. The normalized spacial score (nSPS) is 14.3. The average Bonchev–Trinajstić information content (AvgIpc) is 3.23. The second-order valence-electron chi connectivity index (χ2n) is 7.84. The molecule has 1 aliphatic rings. The minimum absolute atomic E-state index is 0.350. The van der Waals surface area contributed by atoms with Gasteiger partial charge in [0.2, 0.25) is 0 Å². The SMILES string of the molecule is Fc1cnc2[nH]c3cnc(-c4cccnc4)cc3c2c1-c1cccc(N2CCOCC2)c1. The maximum Gasteiger partial charge on any atom is 0.150 e. The number of hydrogen-bond acceptors (Lipinski definition) is 5. The van der Waals surface area contributed by atoms with E-state index in [-0.39, 0.29) is 5.82 Å². The monoisotopic (exact) mass is 425 g/mol. The molecule has 1 fully saturated rings. The van der Waals surface area contributed by atoms with Crippen LogP contribution in [0.4, 0.5) is 10.1 Å². The first-order valence-electron chi connectivity index (χ1n) is 10.6. The van der Waals surface area contributed by atoms with Crippen molar-refractivity contribution in [1.29, 1.82) is 0 Å². The number of morpholine rings is 1. The molecule has 0 atom stereocenters. The van der Waals surface area contributed by atoms with Crippen molar-refractivity contribution in [3.05, 3.63) is 73.1 Å². The molecule has 0 bridgehead atoms. The number of nitrogens with one attached hydrogen (secondary N) is 1. The predicted octanol–water partition coefficient (Wildman–Crippen LogP) is 4.82. The van der Waals surface area contributed by atoms with E-state index in [0.29, 0.717) is 24.4 Å². The van der Waals surface area contributed by atoms with Crippen molar-refractivity contribution in [2.75, 3.05) is 31.2 Å². The molecule has 4 aromatic heterocycles. The van der Waals surface area contributed by atoms with Crippen LogP contribution in [0.5, 0.6) is 0 Å². The molecule has 0 spiro atoms. The smallest absolute Gasteiger partial charge is 0.150 e. The van der Waals surface area contributed by atoms with Crippen molar-refractivity contribution < 1.29 is 9.13 Å². The van der Waals surface area contributed by atoms with Gasteiger partial charge in [0.05, 0.1) is 36.8 Å². The van der Waals surface area contributed by atoms with E-state index in [1.54, 1.807) is 18.6 Å². The molecule has 0 radical (unpaired) electrons. The number of rotatable bonds is 3. The Balaban J connectivity index is 1.56. The van der Waals surface area contributed by atoms with Crippen molar-refractivity contribution >= 4 is 27.6 Å². The minimum atomic E-state index is -0.350. The molecule has 0 aliphatic carbocycles. The fraction of sp³-hybridized carbons (Fsp3) is 0.160. The van der Waals surface area contributed by atoms with Crippen LogP contribution in [0.3, 0.4) is 0 Å². The van der Waals surface area contributed by atoms with Crippen molar-refractivity contribution in [2.24, 2.45) is 0 Å². The first-order valence-corrected chi connectivity index (χ1v) is 10.6. The zero-order chi connectivity index (χ0) is 21.5. The molecule has 6 nitrogen and oxygen atoms in total. The largest absolute Gasteiger partial charge is 0.378 e. The molecule has 0 amide bonds. The fourth-order valence-corrected chi connectivity index (χ4v) is 4.37. The summed E-state index contributed by atoms with van der Waals surface area (Å²) in [5, 5.41) is 1.64. The summed E-state index contributed by atoms with van der Waals surface area (Å²) in [7, 11) is 0. The average molecular weight is 425 g/mol. The molecule has 32 heavy (non-hydrogen) atoms. The third-order valence-electron chi connectivity index (χ3n) is 5.93. The highest BCUT2D eigenvalue weighted by Crippen LogP contribution is 2.37. The van der Waals surface area contributed by atoms with Gasteiger partial charge in [-0.3, -0.25) is 9.97 Å². The number of hydrogen-bond donors (Lipinski definition) is 1. The Hall–Kier alpha value is -3.84. The zero-order valence-electron chi connectivity index (χ0n) is 17.3. The Labute approximate surface area is 183 Å². The molecular weight excluding hydrogens is 405 g/mol. The third kappa shape index (κ3) is 3.18. The molecule has 1 N–H and O–H groups in total. The van der Waals surface area contributed by atoms with Crippen molar-refractivity contribution in [1.82, 2.24) is 19.9 Å². The van der Waals surface area contributed by atoms with Crippen LogP contribution >= 0.6 is 0 Å². The van der Waals surface area contributed by atoms with Gasteiger partial charge in [0, 0.05) is 53.1 Å². The number of H-pyrrole nitrogens is 1. The highest BCUT2D eigenvalue weighted by atomic mass is 19.1. The topological polar surface area (TPSA) is 66.9 Å². The number of aromatic nitrogens is 4.